The first-order valence-corrected chi connectivity index (χ1v) is 10.0. The van der Waals surface area contributed by atoms with Gasteiger partial charge in [-0.2, -0.15) is 0 Å². The minimum absolute atomic E-state index is 1.29. The summed E-state index contributed by atoms with van der Waals surface area (Å²) in [5, 5.41) is 0. The van der Waals surface area contributed by atoms with Crippen molar-refractivity contribution in [3.05, 3.63) is 12.2 Å². The van der Waals surface area contributed by atoms with Gasteiger partial charge in [0.2, 0.25) is 0 Å². The zero-order valence-electron chi connectivity index (χ0n) is 15.2. The van der Waals surface area contributed by atoms with E-state index < -0.39 is 0 Å². The number of hydrogen-bond donors (Lipinski definition) is 0. The summed E-state index contributed by atoms with van der Waals surface area (Å²) in [4.78, 5) is 0. The molecule has 0 aromatic carbocycles. The van der Waals surface area contributed by atoms with Crippen LogP contribution in [0.4, 0.5) is 0 Å². The normalized spacial score (nSPS) is 11.5. The van der Waals surface area contributed by atoms with Crippen molar-refractivity contribution in [3.63, 3.8) is 0 Å². The molecule has 0 aliphatic rings. The summed E-state index contributed by atoms with van der Waals surface area (Å²) in [5.74, 6) is 0. The van der Waals surface area contributed by atoms with Gasteiger partial charge in [-0.15, -0.1) is 0 Å². The van der Waals surface area contributed by atoms with Crippen LogP contribution in [0.25, 0.3) is 0 Å². The lowest BCUT2D eigenvalue weighted by Crippen LogP contribution is -1.83. The molecule has 0 unspecified atom stereocenters. The second-order valence-electron chi connectivity index (χ2n) is 6.66. The van der Waals surface area contributed by atoms with E-state index >= 15 is 0 Å². The zero-order valence-corrected chi connectivity index (χ0v) is 15.2. The van der Waals surface area contributed by atoms with Gasteiger partial charge in [-0.1, -0.05) is 115 Å². The van der Waals surface area contributed by atoms with E-state index in [1.807, 2.05) is 0 Å². The first-order chi connectivity index (χ1) is 10.4. The Balaban J connectivity index is 2.93. The second kappa shape index (κ2) is 19.7. The maximum absolute atomic E-state index is 2.30. The number of allylic oxidation sites excluding steroid dienone is 2. The van der Waals surface area contributed by atoms with Crippen molar-refractivity contribution >= 4 is 0 Å². The maximum atomic E-state index is 2.30. The monoisotopic (exact) mass is 294 g/mol. The van der Waals surface area contributed by atoms with Crippen LogP contribution in [-0.2, 0) is 0 Å². The highest BCUT2D eigenvalue weighted by Crippen LogP contribution is 2.13. The lowest BCUT2D eigenvalue weighted by molar-refractivity contribution is 0.530. The van der Waals surface area contributed by atoms with Crippen LogP contribution in [-0.4, -0.2) is 0 Å². The molecule has 0 radical (unpaired) electrons. The van der Waals surface area contributed by atoms with Gasteiger partial charge in [0.05, 0.1) is 0 Å². The summed E-state index contributed by atoms with van der Waals surface area (Å²) in [6, 6.07) is 0. The minimum atomic E-state index is 1.29. The molecule has 0 fully saturated rings. The van der Waals surface area contributed by atoms with Crippen LogP contribution in [0.3, 0.4) is 0 Å². The smallest absolute Gasteiger partial charge is 0.0351 e. The average Bonchev–Trinajstić information content (AvgIpc) is 2.50. The highest BCUT2D eigenvalue weighted by Gasteiger charge is 1.94. The van der Waals surface area contributed by atoms with Crippen LogP contribution in [0.15, 0.2) is 12.2 Å². The summed E-state index contributed by atoms with van der Waals surface area (Å²) in [7, 11) is 0. The van der Waals surface area contributed by atoms with E-state index in [0.717, 1.165) is 0 Å². The van der Waals surface area contributed by atoms with Gasteiger partial charge < -0.3 is 0 Å². The molecule has 0 nitrogen and oxygen atoms in total. The third-order valence-electron chi connectivity index (χ3n) is 4.46. The summed E-state index contributed by atoms with van der Waals surface area (Å²) < 4.78 is 0. The Morgan fingerprint density at radius 2 is 0.810 bits per heavy atom. The standard InChI is InChI=1S/C21H42/c1-3-5-7-9-11-13-15-17-19-21-20-18-16-14-12-10-8-6-4-2/h3,5H,4,6-21H2,1-2H3/b5-3+. The molecule has 21 heavy (non-hydrogen) atoms. The zero-order chi connectivity index (χ0) is 15.4. The summed E-state index contributed by atoms with van der Waals surface area (Å²) in [5.41, 5.74) is 0. The molecule has 0 aromatic heterocycles. The van der Waals surface area contributed by atoms with Crippen molar-refractivity contribution in [1.29, 1.82) is 0 Å². The lowest BCUT2D eigenvalue weighted by atomic mass is 10.0. The van der Waals surface area contributed by atoms with E-state index in [-0.39, 0.29) is 0 Å². The Hall–Kier alpha value is -0.260. The van der Waals surface area contributed by atoms with Gasteiger partial charge in [0.1, 0.15) is 0 Å². The summed E-state index contributed by atoms with van der Waals surface area (Å²) in [6.45, 7) is 4.41. The third kappa shape index (κ3) is 19.7. The van der Waals surface area contributed by atoms with Crippen molar-refractivity contribution < 1.29 is 0 Å². The van der Waals surface area contributed by atoms with Gasteiger partial charge in [-0.3, -0.25) is 0 Å². The topological polar surface area (TPSA) is 0 Å². The van der Waals surface area contributed by atoms with Crippen LogP contribution in [0.5, 0.6) is 0 Å². The molecule has 0 aliphatic carbocycles. The molecular weight excluding hydrogens is 252 g/mol. The molecule has 0 aromatic rings. The highest BCUT2D eigenvalue weighted by atomic mass is 14.0. The quantitative estimate of drug-likeness (QED) is 0.187. The molecule has 0 saturated heterocycles. The van der Waals surface area contributed by atoms with Crippen LogP contribution in [0.2, 0.25) is 0 Å². The third-order valence-corrected chi connectivity index (χ3v) is 4.46. The largest absolute Gasteiger partial charge is 0.0917 e. The van der Waals surface area contributed by atoms with Crippen molar-refractivity contribution in [2.24, 2.45) is 0 Å². The maximum Gasteiger partial charge on any atom is -0.0351 e. The number of unbranched alkanes of at least 4 members (excludes halogenated alkanes) is 16. The van der Waals surface area contributed by atoms with E-state index in [2.05, 4.69) is 26.0 Å². The van der Waals surface area contributed by atoms with Crippen LogP contribution < -0.4 is 0 Å². The van der Waals surface area contributed by atoms with Crippen molar-refractivity contribution in [2.75, 3.05) is 0 Å². The Bertz CT molecular complexity index is 192. The van der Waals surface area contributed by atoms with Gasteiger partial charge in [0.25, 0.3) is 0 Å². The summed E-state index contributed by atoms with van der Waals surface area (Å²) in [6.07, 6.45) is 29.1. The van der Waals surface area contributed by atoms with Crippen molar-refractivity contribution in [3.8, 4) is 0 Å². The van der Waals surface area contributed by atoms with E-state index in [1.165, 1.54) is 109 Å². The minimum Gasteiger partial charge on any atom is -0.0917 e. The molecule has 0 rings (SSSR count). The molecule has 0 saturated carbocycles. The molecule has 0 heterocycles. The van der Waals surface area contributed by atoms with E-state index in [4.69, 9.17) is 0 Å². The predicted molar refractivity (Wildman–Crippen MR) is 99.0 cm³/mol. The lowest BCUT2D eigenvalue weighted by Gasteiger charge is -2.03. The molecule has 0 atom stereocenters. The van der Waals surface area contributed by atoms with Crippen molar-refractivity contribution in [2.45, 2.75) is 123 Å². The molecule has 0 amide bonds. The molecular formula is C21H42. The number of rotatable bonds is 17. The molecule has 0 spiro atoms. The number of hydrogen-bond acceptors (Lipinski definition) is 0. The SMILES string of the molecule is C/C=C/CCCCCCCCCCCCCCCCCC. The molecule has 0 bridgehead atoms. The Kier molecular flexibility index (Phi) is 19.5. The van der Waals surface area contributed by atoms with Gasteiger partial charge in [0.15, 0.2) is 0 Å². The Morgan fingerprint density at radius 1 is 0.476 bits per heavy atom. The highest BCUT2D eigenvalue weighted by molar-refractivity contribution is 4.76. The second-order valence-corrected chi connectivity index (χ2v) is 6.66. The van der Waals surface area contributed by atoms with Crippen molar-refractivity contribution in [1.82, 2.24) is 0 Å². The Morgan fingerprint density at radius 3 is 1.14 bits per heavy atom. The van der Waals surface area contributed by atoms with E-state index in [0.29, 0.717) is 0 Å². The molecule has 0 aliphatic heterocycles. The fourth-order valence-electron chi connectivity index (χ4n) is 2.98. The fraction of sp³-hybridized carbons (Fsp3) is 0.905. The van der Waals surface area contributed by atoms with Gasteiger partial charge >= 0.3 is 0 Å². The van der Waals surface area contributed by atoms with Gasteiger partial charge in [-0.05, 0) is 19.8 Å². The molecule has 0 N–H and O–H groups in total. The molecule has 126 valence electrons. The average molecular weight is 295 g/mol. The van der Waals surface area contributed by atoms with E-state index in [1.54, 1.807) is 0 Å². The van der Waals surface area contributed by atoms with E-state index in [9.17, 15) is 0 Å². The van der Waals surface area contributed by atoms with Gasteiger partial charge in [-0.25, -0.2) is 0 Å². The predicted octanol–water partition coefficient (Wildman–Crippen LogP) is 8.21. The summed E-state index contributed by atoms with van der Waals surface area (Å²) >= 11 is 0. The van der Waals surface area contributed by atoms with Crippen LogP contribution in [0.1, 0.15) is 123 Å². The first-order valence-electron chi connectivity index (χ1n) is 10.0. The van der Waals surface area contributed by atoms with Crippen LogP contribution >= 0.6 is 0 Å². The first kappa shape index (κ1) is 20.7. The van der Waals surface area contributed by atoms with Gasteiger partial charge in [0, 0.05) is 0 Å². The molecule has 0 heteroatoms. The van der Waals surface area contributed by atoms with Crippen LogP contribution in [0, 0.1) is 0 Å². The fourth-order valence-corrected chi connectivity index (χ4v) is 2.98. The Labute approximate surface area is 135 Å².